The summed E-state index contributed by atoms with van der Waals surface area (Å²) in [5.74, 6) is 0. The van der Waals surface area contributed by atoms with Gasteiger partial charge in [0, 0.05) is 9.64 Å². The molecule has 0 saturated heterocycles. The van der Waals surface area contributed by atoms with E-state index in [2.05, 4.69) is 53.4 Å². The maximum Gasteiger partial charge on any atom is 0.239 e. The smallest absolute Gasteiger partial charge is 0.225 e. The first-order valence-corrected chi connectivity index (χ1v) is 13.4. The van der Waals surface area contributed by atoms with Crippen molar-refractivity contribution in [1.29, 1.82) is 0 Å². The zero-order chi connectivity index (χ0) is 17.1. The van der Waals surface area contributed by atoms with Gasteiger partial charge >= 0.3 is 0 Å². The first-order chi connectivity index (χ1) is 9.67. The molecule has 0 radical (unpaired) electrons. The number of fused-ring (bicyclic) bond motifs is 1. The van der Waals surface area contributed by atoms with E-state index in [1.54, 1.807) is 11.8 Å². The summed E-state index contributed by atoms with van der Waals surface area (Å²) in [6, 6.07) is 4.11. The lowest BCUT2D eigenvalue weighted by Crippen LogP contribution is -2.42. The molecule has 1 aliphatic heterocycles. The van der Waals surface area contributed by atoms with Crippen LogP contribution in [0.3, 0.4) is 0 Å². The van der Waals surface area contributed by atoms with Crippen LogP contribution >= 0.6 is 11.8 Å². The van der Waals surface area contributed by atoms with E-state index in [0.29, 0.717) is 4.90 Å². The van der Waals surface area contributed by atoms with Gasteiger partial charge in [0.1, 0.15) is 0 Å². The van der Waals surface area contributed by atoms with Gasteiger partial charge < -0.3 is 0 Å². The van der Waals surface area contributed by atoms with Crippen molar-refractivity contribution in [2.45, 2.75) is 68.3 Å². The van der Waals surface area contributed by atoms with Crippen molar-refractivity contribution in [3.05, 3.63) is 17.7 Å². The molecule has 1 unspecified atom stereocenters. The molecule has 124 valence electrons. The third-order valence-electron chi connectivity index (χ3n) is 4.73. The summed E-state index contributed by atoms with van der Waals surface area (Å²) in [5, 5.41) is 6.55. The van der Waals surface area contributed by atoms with Gasteiger partial charge in [0.25, 0.3) is 0 Å². The van der Waals surface area contributed by atoms with Crippen molar-refractivity contribution in [3.8, 4) is 0 Å². The van der Waals surface area contributed by atoms with Crippen LogP contribution in [-0.2, 0) is 16.4 Å². The minimum Gasteiger partial charge on any atom is -0.225 e. The van der Waals surface area contributed by atoms with Crippen LogP contribution in [0.5, 0.6) is 0 Å². The Bertz CT molecular complexity index is 715. The van der Waals surface area contributed by atoms with E-state index in [0.717, 1.165) is 22.1 Å². The highest BCUT2D eigenvalue weighted by Gasteiger charge is 2.46. The van der Waals surface area contributed by atoms with Crippen LogP contribution in [0.2, 0.25) is 19.6 Å². The molecule has 22 heavy (non-hydrogen) atoms. The molecular weight excluding hydrogens is 330 g/mol. The topological polar surface area (TPSA) is 60.2 Å². The fraction of sp³-hybridized carbons (Fsp3) is 0.625. The summed E-state index contributed by atoms with van der Waals surface area (Å²) >= 11 is 1.69. The van der Waals surface area contributed by atoms with Crippen LogP contribution < -0.4 is 10.3 Å². The molecule has 0 spiro atoms. The summed E-state index contributed by atoms with van der Waals surface area (Å²) in [5.41, 5.74) is 1.19. The Morgan fingerprint density at radius 2 is 1.77 bits per heavy atom. The Morgan fingerprint density at radius 1 is 1.23 bits per heavy atom. The molecule has 1 heterocycles. The zero-order valence-corrected chi connectivity index (χ0v) is 17.2. The molecule has 2 rings (SSSR count). The monoisotopic (exact) mass is 357 g/mol. The fourth-order valence-corrected chi connectivity index (χ4v) is 8.29. The lowest BCUT2D eigenvalue weighted by molar-refractivity contribution is 0.302. The number of primary sulfonamides is 1. The number of sulfonamides is 1. The van der Waals surface area contributed by atoms with Crippen LogP contribution in [0.15, 0.2) is 21.9 Å². The standard InChI is InChI=1S/C16H27NO2S2Si/c1-15(2,3)16(4)10-11-8-9-12(22(5,6)7)14(13(11)20-16)21(17,18)19/h8-9H,10H2,1-7H3,(H2,17,18,19). The molecule has 3 nitrogen and oxygen atoms in total. The summed E-state index contributed by atoms with van der Waals surface area (Å²) < 4.78 is 24.6. The van der Waals surface area contributed by atoms with Gasteiger partial charge in [0.15, 0.2) is 0 Å². The third kappa shape index (κ3) is 3.03. The van der Waals surface area contributed by atoms with E-state index in [9.17, 15) is 8.42 Å². The summed E-state index contributed by atoms with van der Waals surface area (Å²) in [6.07, 6.45) is 0.880. The quantitative estimate of drug-likeness (QED) is 0.826. The Kier molecular flexibility index (Phi) is 4.18. The normalized spacial score (nSPS) is 22.7. The van der Waals surface area contributed by atoms with Crippen molar-refractivity contribution in [2.24, 2.45) is 10.6 Å². The second kappa shape index (κ2) is 5.10. The van der Waals surface area contributed by atoms with Crippen LogP contribution in [0, 0.1) is 5.41 Å². The largest absolute Gasteiger partial charge is 0.239 e. The number of hydrogen-bond donors (Lipinski definition) is 1. The first-order valence-electron chi connectivity index (χ1n) is 7.55. The van der Waals surface area contributed by atoms with E-state index in [4.69, 9.17) is 5.14 Å². The Morgan fingerprint density at radius 3 is 2.18 bits per heavy atom. The van der Waals surface area contributed by atoms with Gasteiger partial charge in [-0.15, -0.1) is 11.8 Å². The van der Waals surface area contributed by atoms with E-state index >= 15 is 0 Å². The van der Waals surface area contributed by atoms with E-state index in [-0.39, 0.29) is 10.2 Å². The van der Waals surface area contributed by atoms with Crippen molar-refractivity contribution in [3.63, 3.8) is 0 Å². The van der Waals surface area contributed by atoms with Crippen LogP contribution in [0.4, 0.5) is 0 Å². The number of nitrogens with two attached hydrogens (primary N) is 1. The third-order valence-corrected chi connectivity index (χ3v) is 9.94. The van der Waals surface area contributed by atoms with Gasteiger partial charge in [-0.25, -0.2) is 13.6 Å². The molecule has 1 aromatic rings. The van der Waals surface area contributed by atoms with Crippen molar-refractivity contribution >= 4 is 35.0 Å². The minimum atomic E-state index is -3.72. The highest BCUT2D eigenvalue weighted by atomic mass is 32.2. The molecule has 0 aromatic heterocycles. The maximum atomic E-state index is 12.3. The molecule has 1 aliphatic rings. The molecule has 0 amide bonds. The average Bonchev–Trinajstić information content (AvgIpc) is 2.61. The molecule has 2 N–H and O–H groups in total. The molecule has 1 aromatic carbocycles. The predicted octanol–water partition coefficient (Wildman–Crippen LogP) is 3.33. The molecule has 0 saturated carbocycles. The lowest BCUT2D eigenvalue weighted by atomic mass is 9.78. The molecule has 0 aliphatic carbocycles. The Balaban J connectivity index is 2.73. The number of benzene rings is 1. The van der Waals surface area contributed by atoms with Crippen molar-refractivity contribution in [1.82, 2.24) is 0 Å². The molecular formula is C16H27NO2S2Si. The number of rotatable bonds is 2. The summed E-state index contributed by atoms with van der Waals surface area (Å²) in [4.78, 5) is 1.28. The summed E-state index contributed by atoms with van der Waals surface area (Å²) in [6.45, 7) is 15.3. The molecule has 1 atom stereocenters. The van der Waals surface area contributed by atoms with Crippen LogP contribution in [0.25, 0.3) is 0 Å². The van der Waals surface area contributed by atoms with E-state index < -0.39 is 18.1 Å². The molecule has 0 bridgehead atoms. The van der Waals surface area contributed by atoms with Gasteiger partial charge in [-0.1, -0.05) is 52.5 Å². The maximum absolute atomic E-state index is 12.3. The van der Waals surface area contributed by atoms with E-state index in [1.165, 1.54) is 0 Å². The lowest BCUT2D eigenvalue weighted by Gasteiger charge is -2.37. The van der Waals surface area contributed by atoms with Crippen molar-refractivity contribution in [2.75, 3.05) is 0 Å². The predicted molar refractivity (Wildman–Crippen MR) is 98.2 cm³/mol. The van der Waals surface area contributed by atoms with Gasteiger partial charge in [-0.05, 0) is 29.5 Å². The van der Waals surface area contributed by atoms with Crippen LogP contribution in [0.1, 0.15) is 33.3 Å². The fourth-order valence-electron chi connectivity index (χ4n) is 2.77. The highest BCUT2D eigenvalue weighted by molar-refractivity contribution is 8.01. The van der Waals surface area contributed by atoms with Gasteiger partial charge in [0.2, 0.25) is 10.0 Å². The zero-order valence-electron chi connectivity index (χ0n) is 14.6. The first kappa shape index (κ1) is 18.0. The second-order valence-electron chi connectivity index (χ2n) is 8.49. The van der Waals surface area contributed by atoms with Gasteiger partial charge in [-0.3, -0.25) is 0 Å². The number of hydrogen-bond acceptors (Lipinski definition) is 3. The van der Waals surface area contributed by atoms with E-state index in [1.807, 2.05) is 6.07 Å². The second-order valence-corrected chi connectivity index (χ2v) is 16.5. The van der Waals surface area contributed by atoms with Crippen molar-refractivity contribution < 1.29 is 8.42 Å². The highest BCUT2D eigenvalue weighted by Crippen LogP contribution is 2.55. The Labute approximate surface area is 140 Å². The summed E-state index contributed by atoms with van der Waals surface area (Å²) in [7, 11) is -5.52. The molecule has 6 heteroatoms. The molecule has 0 fully saturated rings. The minimum absolute atomic E-state index is 0.0210. The van der Waals surface area contributed by atoms with Crippen LogP contribution in [-0.4, -0.2) is 21.2 Å². The van der Waals surface area contributed by atoms with Gasteiger partial charge in [0.05, 0.1) is 13.0 Å². The SMILES string of the molecule is CC(C)(C)C1(C)Cc2ccc([Si](C)(C)C)c(S(N)(=O)=O)c2S1. The Hall–Kier alpha value is -0.303. The van der Waals surface area contributed by atoms with Gasteiger partial charge in [-0.2, -0.15) is 0 Å². The average molecular weight is 358 g/mol. The number of thioether (sulfide) groups is 1.